The van der Waals surface area contributed by atoms with Gasteiger partial charge in [0, 0.05) is 25.1 Å². The first-order valence-corrected chi connectivity index (χ1v) is 6.83. The van der Waals surface area contributed by atoms with Crippen molar-refractivity contribution < 1.29 is 4.74 Å². The number of guanidine groups is 1. The van der Waals surface area contributed by atoms with Crippen molar-refractivity contribution in [1.82, 2.24) is 5.32 Å². The minimum atomic E-state index is 0.323. The van der Waals surface area contributed by atoms with Crippen LogP contribution < -0.4 is 11.1 Å². The lowest BCUT2D eigenvalue weighted by atomic mass is 9.55. The van der Waals surface area contributed by atoms with E-state index in [1.165, 1.54) is 32.1 Å². The molecule has 3 N–H and O–H groups in total. The topological polar surface area (TPSA) is 59.6 Å². The first-order chi connectivity index (χ1) is 8.23. The molecule has 0 amide bonds. The predicted molar refractivity (Wildman–Crippen MR) is 70.0 cm³/mol. The molecule has 98 valence electrons. The number of rotatable bonds is 3. The second-order valence-electron chi connectivity index (χ2n) is 5.28. The van der Waals surface area contributed by atoms with Crippen molar-refractivity contribution in [2.45, 2.75) is 57.6 Å². The SMILES string of the molecule is CCOC1CC(NC(N)=NC)C12CCCCC2. The van der Waals surface area contributed by atoms with Gasteiger partial charge in [0.25, 0.3) is 0 Å². The van der Waals surface area contributed by atoms with Gasteiger partial charge in [-0.2, -0.15) is 0 Å². The van der Waals surface area contributed by atoms with Gasteiger partial charge in [-0.1, -0.05) is 19.3 Å². The van der Waals surface area contributed by atoms with E-state index in [0.717, 1.165) is 13.0 Å². The fourth-order valence-electron chi connectivity index (χ4n) is 3.51. The standard InChI is InChI=1S/C13H25N3O/c1-3-17-11-9-10(16-12(14)15-2)13(11)7-5-4-6-8-13/h10-11H,3-9H2,1-2H3,(H3,14,15,16). The van der Waals surface area contributed by atoms with Crippen LogP contribution in [0.25, 0.3) is 0 Å². The first-order valence-electron chi connectivity index (χ1n) is 6.83. The second-order valence-corrected chi connectivity index (χ2v) is 5.28. The Hall–Kier alpha value is -0.770. The van der Waals surface area contributed by atoms with Gasteiger partial charge in [0.2, 0.25) is 0 Å². The summed E-state index contributed by atoms with van der Waals surface area (Å²) in [4.78, 5) is 4.00. The van der Waals surface area contributed by atoms with Crippen LogP contribution in [0.3, 0.4) is 0 Å². The molecule has 2 saturated carbocycles. The quantitative estimate of drug-likeness (QED) is 0.581. The van der Waals surface area contributed by atoms with Crippen LogP contribution in [0.1, 0.15) is 45.4 Å². The van der Waals surface area contributed by atoms with Gasteiger partial charge in [-0.25, -0.2) is 0 Å². The van der Waals surface area contributed by atoms with E-state index >= 15 is 0 Å². The smallest absolute Gasteiger partial charge is 0.188 e. The Labute approximate surface area is 104 Å². The van der Waals surface area contributed by atoms with Crippen molar-refractivity contribution in [3.05, 3.63) is 0 Å². The lowest BCUT2D eigenvalue weighted by Crippen LogP contribution is -2.66. The maximum atomic E-state index is 5.90. The molecule has 0 bridgehead atoms. The van der Waals surface area contributed by atoms with E-state index in [9.17, 15) is 0 Å². The molecule has 0 aromatic heterocycles. The molecule has 0 aromatic rings. The molecule has 0 saturated heterocycles. The maximum Gasteiger partial charge on any atom is 0.188 e. The summed E-state index contributed by atoms with van der Waals surface area (Å²) in [5.74, 6) is 0.565. The minimum Gasteiger partial charge on any atom is -0.378 e. The number of aliphatic imine (C=N–C) groups is 1. The molecular weight excluding hydrogens is 214 g/mol. The molecule has 1 spiro atoms. The second kappa shape index (κ2) is 5.25. The molecule has 0 heterocycles. The van der Waals surface area contributed by atoms with Crippen molar-refractivity contribution in [2.24, 2.45) is 16.1 Å². The van der Waals surface area contributed by atoms with Crippen LogP contribution in [0.4, 0.5) is 0 Å². The molecule has 2 rings (SSSR count). The van der Waals surface area contributed by atoms with Gasteiger partial charge in [0.1, 0.15) is 0 Å². The van der Waals surface area contributed by atoms with Crippen molar-refractivity contribution in [1.29, 1.82) is 0 Å². The summed E-state index contributed by atoms with van der Waals surface area (Å²) in [5.41, 5.74) is 6.11. The highest BCUT2D eigenvalue weighted by Crippen LogP contribution is 2.53. The average molecular weight is 239 g/mol. The van der Waals surface area contributed by atoms with Crippen molar-refractivity contribution in [2.75, 3.05) is 13.7 Å². The van der Waals surface area contributed by atoms with Crippen LogP contribution >= 0.6 is 0 Å². The van der Waals surface area contributed by atoms with Crippen LogP contribution in [0.15, 0.2) is 4.99 Å². The van der Waals surface area contributed by atoms with E-state index in [-0.39, 0.29) is 0 Å². The van der Waals surface area contributed by atoms with Crippen molar-refractivity contribution >= 4 is 5.96 Å². The Morgan fingerprint density at radius 1 is 1.41 bits per heavy atom. The molecule has 4 nitrogen and oxygen atoms in total. The Morgan fingerprint density at radius 3 is 2.71 bits per heavy atom. The zero-order chi connectivity index (χ0) is 12.3. The van der Waals surface area contributed by atoms with Gasteiger partial charge in [0.15, 0.2) is 5.96 Å². The van der Waals surface area contributed by atoms with Gasteiger partial charge in [0.05, 0.1) is 6.10 Å². The van der Waals surface area contributed by atoms with Gasteiger partial charge in [-0.3, -0.25) is 4.99 Å². The molecule has 0 aliphatic heterocycles. The summed E-state index contributed by atoms with van der Waals surface area (Å²) in [5, 5.41) is 3.36. The van der Waals surface area contributed by atoms with E-state index in [2.05, 4.69) is 17.2 Å². The van der Waals surface area contributed by atoms with Crippen LogP contribution in [0, 0.1) is 5.41 Å². The van der Waals surface area contributed by atoms with Crippen molar-refractivity contribution in [3.63, 3.8) is 0 Å². The van der Waals surface area contributed by atoms with E-state index in [1.807, 2.05) is 0 Å². The van der Waals surface area contributed by atoms with E-state index < -0.39 is 0 Å². The largest absolute Gasteiger partial charge is 0.378 e. The summed E-state index contributed by atoms with van der Waals surface area (Å²) in [6, 6.07) is 0.461. The lowest BCUT2D eigenvalue weighted by Gasteiger charge is -2.57. The fraction of sp³-hybridized carbons (Fsp3) is 0.923. The number of nitrogens with one attached hydrogen (secondary N) is 1. The van der Waals surface area contributed by atoms with Crippen LogP contribution in [-0.2, 0) is 4.74 Å². The molecule has 17 heavy (non-hydrogen) atoms. The third-order valence-corrected chi connectivity index (χ3v) is 4.50. The molecule has 4 heteroatoms. The predicted octanol–water partition coefficient (Wildman–Crippen LogP) is 1.65. The number of hydrogen-bond donors (Lipinski definition) is 2. The van der Waals surface area contributed by atoms with Gasteiger partial charge in [-0.15, -0.1) is 0 Å². The lowest BCUT2D eigenvalue weighted by molar-refractivity contribution is -0.145. The molecule has 2 fully saturated rings. The summed E-state index contributed by atoms with van der Waals surface area (Å²) in [7, 11) is 1.73. The molecule has 2 atom stereocenters. The number of hydrogen-bond acceptors (Lipinski definition) is 2. The van der Waals surface area contributed by atoms with Crippen LogP contribution in [0.5, 0.6) is 0 Å². The third-order valence-electron chi connectivity index (χ3n) is 4.50. The van der Waals surface area contributed by atoms with Gasteiger partial charge >= 0.3 is 0 Å². The highest BCUT2D eigenvalue weighted by Gasteiger charge is 2.55. The highest BCUT2D eigenvalue weighted by molar-refractivity contribution is 5.78. The normalized spacial score (nSPS) is 32.2. The van der Waals surface area contributed by atoms with E-state index in [1.54, 1.807) is 7.05 Å². The Bertz CT molecular complexity index is 284. The number of nitrogens with zero attached hydrogens (tertiary/aromatic N) is 1. The Kier molecular flexibility index (Phi) is 3.92. The first kappa shape index (κ1) is 12.7. The average Bonchev–Trinajstić information content (AvgIpc) is 2.38. The molecule has 2 aliphatic rings. The van der Waals surface area contributed by atoms with Crippen molar-refractivity contribution in [3.8, 4) is 0 Å². The molecule has 0 radical (unpaired) electrons. The number of nitrogens with two attached hydrogens (primary N) is 1. The highest BCUT2D eigenvalue weighted by atomic mass is 16.5. The molecular formula is C13H25N3O. The van der Waals surface area contributed by atoms with E-state index in [0.29, 0.717) is 23.5 Å². The zero-order valence-electron chi connectivity index (χ0n) is 11.0. The molecule has 2 unspecified atom stereocenters. The van der Waals surface area contributed by atoms with E-state index in [4.69, 9.17) is 10.5 Å². The molecule has 2 aliphatic carbocycles. The Morgan fingerprint density at radius 2 is 2.12 bits per heavy atom. The summed E-state index contributed by atoms with van der Waals surface area (Å²) in [6.45, 7) is 2.90. The summed E-state index contributed by atoms with van der Waals surface area (Å²) in [6.07, 6.45) is 8.05. The third kappa shape index (κ3) is 2.28. The van der Waals surface area contributed by atoms with Crippen LogP contribution in [0.2, 0.25) is 0 Å². The fourth-order valence-corrected chi connectivity index (χ4v) is 3.51. The zero-order valence-corrected chi connectivity index (χ0v) is 11.0. The van der Waals surface area contributed by atoms with Crippen LogP contribution in [-0.4, -0.2) is 31.8 Å². The maximum absolute atomic E-state index is 5.90. The summed E-state index contributed by atoms with van der Waals surface area (Å²) < 4.78 is 5.90. The minimum absolute atomic E-state index is 0.323. The Balaban J connectivity index is 2.03. The summed E-state index contributed by atoms with van der Waals surface area (Å²) >= 11 is 0. The molecule has 0 aromatic carbocycles. The van der Waals surface area contributed by atoms with Gasteiger partial charge < -0.3 is 15.8 Å². The monoisotopic (exact) mass is 239 g/mol. The number of ether oxygens (including phenoxy) is 1. The van der Waals surface area contributed by atoms with Gasteiger partial charge in [-0.05, 0) is 26.2 Å².